The van der Waals surface area contributed by atoms with Gasteiger partial charge in [-0.05, 0) is 36.7 Å². The van der Waals surface area contributed by atoms with Crippen molar-refractivity contribution in [1.82, 2.24) is 0 Å². The van der Waals surface area contributed by atoms with Crippen LogP contribution in [0.4, 0.5) is 0 Å². The van der Waals surface area contributed by atoms with E-state index in [0.717, 1.165) is 6.42 Å². The van der Waals surface area contributed by atoms with Crippen molar-refractivity contribution in [2.24, 2.45) is 5.90 Å². The molecule has 0 saturated carbocycles. The molecular formula is C18H37NO2PS+. The Morgan fingerprint density at radius 3 is 1.78 bits per heavy atom. The van der Waals surface area contributed by atoms with E-state index in [1.807, 2.05) is 0 Å². The molecule has 0 aliphatic carbocycles. The first-order chi connectivity index (χ1) is 11.3. The predicted octanol–water partition coefficient (Wildman–Crippen LogP) is 6.70. The van der Waals surface area contributed by atoms with E-state index >= 15 is 0 Å². The molecule has 0 radical (unpaired) electrons. The van der Waals surface area contributed by atoms with Gasteiger partial charge in [0.05, 0.1) is 0 Å². The molecule has 136 valence electrons. The highest BCUT2D eigenvalue weighted by Crippen LogP contribution is 2.21. The zero-order valence-corrected chi connectivity index (χ0v) is 16.7. The van der Waals surface area contributed by atoms with Crippen LogP contribution in [0.15, 0.2) is 12.2 Å². The molecule has 0 aliphatic heterocycles. The first-order valence-corrected chi connectivity index (χ1v) is 11.6. The van der Waals surface area contributed by atoms with Gasteiger partial charge in [0, 0.05) is 0 Å². The van der Waals surface area contributed by atoms with E-state index in [4.69, 9.17) is 22.2 Å². The normalized spacial score (nSPS) is 12.2. The third-order valence-electron chi connectivity index (χ3n) is 3.94. The Bertz CT molecular complexity index is 288. The average Bonchev–Trinajstić information content (AvgIpc) is 2.57. The lowest BCUT2D eigenvalue weighted by atomic mass is 10.1. The molecule has 0 bridgehead atoms. The predicted molar refractivity (Wildman–Crippen MR) is 105 cm³/mol. The molecule has 0 aromatic carbocycles. The van der Waals surface area contributed by atoms with Gasteiger partial charge in [-0.25, -0.2) is 0 Å². The second-order valence-corrected chi connectivity index (χ2v) is 7.91. The van der Waals surface area contributed by atoms with E-state index in [-0.39, 0.29) is 0 Å². The zero-order valence-electron chi connectivity index (χ0n) is 15.0. The van der Waals surface area contributed by atoms with Gasteiger partial charge in [-0.15, -0.1) is 4.52 Å². The van der Waals surface area contributed by atoms with Gasteiger partial charge in [-0.3, -0.25) is 0 Å². The molecule has 0 saturated heterocycles. The van der Waals surface area contributed by atoms with Crippen molar-refractivity contribution >= 4 is 19.0 Å². The van der Waals surface area contributed by atoms with E-state index in [1.54, 1.807) is 0 Å². The van der Waals surface area contributed by atoms with Crippen molar-refractivity contribution in [2.75, 3.05) is 6.61 Å². The first kappa shape index (κ1) is 23.1. The summed E-state index contributed by atoms with van der Waals surface area (Å²) in [5.41, 5.74) is 0. The summed E-state index contributed by atoms with van der Waals surface area (Å²) in [5.74, 6) is 4.94. The quantitative estimate of drug-likeness (QED) is 0.127. The third-order valence-corrected chi connectivity index (χ3v) is 5.08. The minimum atomic E-state index is -1.27. The second-order valence-electron chi connectivity index (χ2n) is 6.10. The van der Waals surface area contributed by atoms with Crippen LogP contribution in [0, 0.1) is 0 Å². The van der Waals surface area contributed by atoms with Crippen LogP contribution in [0.2, 0.25) is 0 Å². The molecule has 23 heavy (non-hydrogen) atoms. The molecule has 5 heteroatoms. The van der Waals surface area contributed by atoms with Gasteiger partial charge in [0.2, 0.25) is 11.8 Å². The highest BCUT2D eigenvalue weighted by atomic mass is 32.4. The van der Waals surface area contributed by atoms with Gasteiger partial charge < -0.3 is 0 Å². The highest BCUT2D eigenvalue weighted by molar-refractivity contribution is 8.00. The Kier molecular flexibility index (Phi) is 20.3. The number of unbranched alkanes of at least 4 members (excludes halogenated alkanes) is 12. The van der Waals surface area contributed by atoms with Crippen molar-refractivity contribution in [2.45, 2.75) is 96.8 Å². The van der Waals surface area contributed by atoms with Crippen molar-refractivity contribution < 1.29 is 9.15 Å². The molecule has 0 aromatic heterocycles. The molecule has 3 nitrogen and oxygen atoms in total. The molecule has 0 amide bonds. The number of rotatable bonds is 18. The summed E-state index contributed by atoms with van der Waals surface area (Å²) in [7, 11) is -1.27. The molecule has 0 aromatic rings. The standard InChI is InChI=1S/C18H37NO2PS/c1-2-3-4-5-6-7-8-9-10-11-12-13-14-15-16-17-18-20-22(23)21-19/h9-10H,2-8,11-19H2,1H3/q+1/b10-9+. The zero-order chi connectivity index (χ0) is 17.0. The van der Waals surface area contributed by atoms with Gasteiger partial charge in [0.25, 0.3) is 0 Å². The van der Waals surface area contributed by atoms with Gasteiger partial charge in [-0.2, -0.15) is 5.90 Å². The lowest BCUT2D eigenvalue weighted by Gasteiger charge is -1.99. The third kappa shape index (κ3) is 20.1. The van der Waals surface area contributed by atoms with Crippen molar-refractivity contribution in [3.63, 3.8) is 0 Å². The van der Waals surface area contributed by atoms with Crippen molar-refractivity contribution in [1.29, 1.82) is 0 Å². The molecular weight excluding hydrogens is 325 g/mol. The van der Waals surface area contributed by atoms with Gasteiger partial charge in [-0.1, -0.05) is 76.9 Å². The van der Waals surface area contributed by atoms with Crippen LogP contribution >= 0.6 is 7.15 Å². The SMILES string of the molecule is CCCCCCCC/C=C/CCCCCCCCO[P+](=S)ON. The highest BCUT2D eigenvalue weighted by Gasteiger charge is 2.10. The molecule has 0 rings (SSSR count). The van der Waals surface area contributed by atoms with Gasteiger partial charge >= 0.3 is 7.15 Å². The van der Waals surface area contributed by atoms with E-state index < -0.39 is 7.15 Å². The maximum atomic E-state index is 5.23. The molecule has 0 aliphatic rings. The Labute approximate surface area is 149 Å². The van der Waals surface area contributed by atoms with E-state index in [2.05, 4.69) is 23.7 Å². The molecule has 0 spiro atoms. The van der Waals surface area contributed by atoms with Crippen LogP contribution in [0.1, 0.15) is 96.8 Å². The minimum absolute atomic E-state index is 0.674. The topological polar surface area (TPSA) is 44.5 Å². The monoisotopic (exact) mass is 362 g/mol. The average molecular weight is 363 g/mol. The summed E-state index contributed by atoms with van der Waals surface area (Å²) in [6, 6.07) is 0. The second kappa shape index (κ2) is 20.2. The molecule has 0 fully saturated rings. The Balaban J connectivity index is 3.09. The van der Waals surface area contributed by atoms with Crippen molar-refractivity contribution in [3.8, 4) is 0 Å². The number of nitrogens with two attached hydrogens (primary N) is 1. The van der Waals surface area contributed by atoms with Gasteiger partial charge in [0.15, 0.2) is 0 Å². The fourth-order valence-corrected chi connectivity index (χ4v) is 3.08. The van der Waals surface area contributed by atoms with Crippen LogP contribution in [0.25, 0.3) is 0 Å². The number of allylic oxidation sites excluding steroid dienone is 2. The fraction of sp³-hybridized carbons (Fsp3) is 0.889. The Hall–Kier alpha value is 0.140. The molecule has 1 unspecified atom stereocenters. The van der Waals surface area contributed by atoms with Gasteiger partial charge in [0.1, 0.15) is 6.61 Å². The summed E-state index contributed by atoms with van der Waals surface area (Å²) >= 11 is 4.84. The van der Waals surface area contributed by atoms with Crippen LogP contribution in [-0.2, 0) is 21.0 Å². The van der Waals surface area contributed by atoms with Crippen LogP contribution in [0.5, 0.6) is 0 Å². The molecule has 2 N–H and O–H groups in total. The maximum Gasteiger partial charge on any atom is 0.540 e. The van der Waals surface area contributed by atoms with E-state index in [1.165, 1.54) is 83.5 Å². The summed E-state index contributed by atoms with van der Waals surface area (Å²) in [4.78, 5) is 0. The van der Waals surface area contributed by atoms with Crippen LogP contribution < -0.4 is 5.90 Å². The summed E-state index contributed by atoms with van der Waals surface area (Å²) in [6.45, 7) is 2.95. The summed E-state index contributed by atoms with van der Waals surface area (Å²) in [6.07, 6.45) is 23.1. The Morgan fingerprint density at radius 2 is 1.26 bits per heavy atom. The first-order valence-electron chi connectivity index (χ1n) is 9.43. The Morgan fingerprint density at radius 1 is 0.783 bits per heavy atom. The van der Waals surface area contributed by atoms with Crippen LogP contribution in [-0.4, -0.2) is 6.61 Å². The summed E-state index contributed by atoms with van der Waals surface area (Å²) < 4.78 is 9.66. The number of hydrogen-bond donors (Lipinski definition) is 1. The van der Waals surface area contributed by atoms with E-state index in [0.29, 0.717) is 6.61 Å². The largest absolute Gasteiger partial charge is 0.540 e. The maximum absolute atomic E-state index is 5.23. The fourth-order valence-electron chi connectivity index (χ4n) is 2.52. The van der Waals surface area contributed by atoms with Crippen LogP contribution in [0.3, 0.4) is 0 Å². The smallest absolute Gasteiger partial charge is 0.164 e. The molecule has 1 atom stereocenters. The van der Waals surface area contributed by atoms with E-state index in [9.17, 15) is 0 Å². The minimum Gasteiger partial charge on any atom is -0.164 e. The summed E-state index contributed by atoms with van der Waals surface area (Å²) in [5, 5.41) is 0. The lowest BCUT2D eigenvalue weighted by molar-refractivity contribution is 0.264. The number of hydrogen-bond acceptors (Lipinski definition) is 4. The molecule has 0 heterocycles. The van der Waals surface area contributed by atoms with Crippen molar-refractivity contribution in [3.05, 3.63) is 12.2 Å². The lowest BCUT2D eigenvalue weighted by Crippen LogP contribution is -1.93.